The molecule has 0 spiro atoms. The third-order valence-electron chi connectivity index (χ3n) is 3.05. The predicted octanol–water partition coefficient (Wildman–Crippen LogP) is 1.30. The zero-order valence-corrected chi connectivity index (χ0v) is 9.71. The number of hydrogen-bond acceptors (Lipinski definition) is 4. The molecule has 88 valence electrons. The van der Waals surface area contributed by atoms with Crippen LogP contribution in [0.3, 0.4) is 0 Å². The molecule has 1 saturated carbocycles. The van der Waals surface area contributed by atoms with Gasteiger partial charge in [0.1, 0.15) is 0 Å². The van der Waals surface area contributed by atoms with Crippen molar-refractivity contribution in [2.75, 3.05) is 13.1 Å². The molecular weight excluding hydrogens is 200 g/mol. The zero-order chi connectivity index (χ0) is 11.6. The van der Waals surface area contributed by atoms with Crippen LogP contribution in [0.25, 0.3) is 0 Å². The summed E-state index contributed by atoms with van der Waals surface area (Å²) < 4.78 is 0. The zero-order valence-electron chi connectivity index (χ0n) is 9.71. The van der Waals surface area contributed by atoms with Crippen LogP contribution < -0.4 is 10.6 Å². The number of nitrogens with zero attached hydrogens (tertiary/aromatic N) is 2. The molecule has 0 radical (unpaired) electrons. The molecule has 4 nitrogen and oxygen atoms in total. The van der Waals surface area contributed by atoms with Gasteiger partial charge in [-0.3, -0.25) is 0 Å². The minimum absolute atomic E-state index is 0.473. The minimum Gasteiger partial charge on any atom is -0.311 e. The Morgan fingerprint density at radius 3 is 1.69 bits per heavy atom. The molecule has 1 fully saturated rings. The lowest BCUT2D eigenvalue weighted by Crippen LogP contribution is -2.50. The Labute approximate surface area is 97.6 Å². The van der Waals surface area contributed by atoms with Gasteiger partial charge in [0, 0.05) is 38.0 Å². The second-order valence-electron chi connectivity index (χ2n) is 4.22. The molecule has 0 amide bonds. The van der Waals surface area contributed by atoms with E-state index in [1.807, 2.05) is 0 Å². The van der Waals surface area contributed by atoms with Crippen LogP contribution in [0.1, 0.15) is 38.5 Å². The first kappa shape index (κ1) is 13.0. The monoisotopic (exact) mass is 220 g/mol. The molecule has 0 heterocycles. The highest BCUT2D eigenvalue weighted by Crippen LogP contribution is 2.18. The molecule has 1 aliphatic rings. The molecule has 4 heteroatoms. The van der Waals surface area contributed by atoms with Gasteiger partial charge in [-0.05, 0) is 12.8 Å². The van der Waals surface area contributed by atoms with Crippen molar-refractivity contribution >= 4 is 0 Å². The first-order chi connectivity index (χ1) is 7.88. The highest BCUT2D eigenvalue weighted by Gasteiger charge is 2.23. The molecular formula is C12H20N4. The van der Waals surface area contributed by atoms with E-state index in [0.29, 0.717) is 24.9 Å². The Morgan fingerprint density at radius 1 is 0.875 bits per heavy atom. The van der Waals surface area contributed by atoms with E-state index in [4.69, 9.17) is 10.5 Å². The summed E-state index contributed by atoms with van der Waals surface area (Å²) in [5, 5.41) is 23.8. The molecule has 16 heavy (non-hydrogen) atoms. The van der Waals surface area contributed by atoms with Gasteiger partial charge in [-0.2, -0.15) is 10.5 Å². The molecule has 0 saturated heterocycles. The predicted molar refractivity (Wildman–Crippen MR) is 62.5 cm³/mol. The van der Waals surface area contributed by atoms with Gasteiger partial charge in [0.25, 0.3) is 0 Å². The van der Waals surface area contributed by atoms with E-state index in [2.05, 4.69) is 22.8 Å². The Kier molecular flexibility index (Phi) is 6.56. The summed E-state index contributed by atoms with van der Waals surface area (Å²) in [6.07, 6.45) is 6.02. The van der Waals surface area contributed by atoms with E-state index in [1.54, 1.807) is 0 Å². The summed E-state index contributed by atoms with van der Waals surface area (Å²) in [6, 6.07) is 5.24. The van der Waals surface area contributed by atoms with Gasteiger partial charge in [0.15, 0.2) is 0 Å². The molecule has 0 aliphatic heterocycles. The Morgan fingerprint density at radius 2 is 1.31 bits per heavy atom. The first-order valence-corrected chi connectivity index (χ1v) is 6.09. The summed E-state index contributed by atoms with van der Waals surface area (Å²) in [5.74, 6) is 0. The highest BCUT2D eigenvalue weighted by atomic mass is 15.0. The van der Waals surface area contributed by atoms with E-state index in [1.165, 1.54) is 25.7 Å². The van der Waals surface area contributed by atoms with Crippen LogP contribution in [-0.2, 0) is 0 Å². The summed E-state index contributed by atoms with van der Waals surface area (Å²) in [6.45, 7) is 1.55. The van der Waals surface area contributed by atoms with Gasteiger partial charge >= 0.3 is 0 Å². The Bertz CT molecular complexity index is 235. The van der Waals surface area contributed by atoms with Crippen LogP contribution in [0.5, 0.6) is 0 Å². The molecule has 0 aromatic carbocycles. The normalized spacial score (nSPS) is 24.6. The largest absolute Gasteiger partial charge is 0.311 e. The first-order valence-electron chi connectivity index (χ1n) is 6.09. The molecule has 0 aromatic heterocycles. The Hall–Kier alpha value is -1.10. The van der Waals surface area contributed by atoms with Crippen molar-refractivity contribution in [1.29, 1.82) is 10.5 Å². The highest BCUT2D eigenvalue weighted by molar-refractivity contribution is 4.88. The average Bonchev–Trinajstić information content (AvgIpc) is 2.32. The topological polar surface area (TPSA) is 71.6 Å². The van der Waals surface area contributed by atoms with Crippen molar-refractivity contribution in [1.82, 2.24) is 10.6 Å². The van der Waals surface area contributed by atoms with E-state index < -0.39 is 0 Å². The van der Waals surface area contributed by atoms with Gasteiger partial charge in [-0.1, -0.05) is 12.8 Å². The maximum Gasteiger partial charge on any atom is 0.0635 e. The molecule has 2 atom stereocenters. The van der Waals surface area contributed by atoms with Crippen molar-refractivity contribution in [2.45, 2.75) is 50.6 Å². The van der Waals surface area contributed by atoms with Crippen LogP contribution >= 0.6 is 0 Å². The average molecular weight is 220 g/mol. The van der Waals surface area contributed by atoms with Gasteiger partial charge in [-0.15, -0.1) is 0 Å². The second kappa shape index (κ2) is 8.10. The van der Waals surface area contributed by atoms with E-state index in [9.17, 15) is 0 Å². The van der Waals surface area contributed by atoms with Crippen LogP contribution in [0.2, 0.25) is 0 Å². The molecule has 1 aliphatic carbocycles. The van der Waals surface area contributed by atoms with E-state index in [0.717, 1.165) is 13.1 Å². The lowest BCUT2D eigenvalue weighted by atomic mass is 9.90. The maximum absolute atomic E-state index is 8.49. The fourth-order valence-corrected chi connectivity index (χ4v) is 2.25. The van der Waals surface area contributed by atoms with Crippen molar-refractivity contribution in [3.05, 3.63) is 0 Å². The SMILES string of the molecule is N#CCCN[C@H]1CCCC[C@@H]1NCCC#N. The molecule has 0 bridgehead atoms. The summed E-state index contributed by atoms with van der Waals surface area (Å²) >= 11 is 0. The van der Waals surface area contributed by atoms with Crippen molar-refractivity contribution in [3.8, 4) is 12.1 Å². The molecule has 1 rings (SSSR count). The summed E-state index contributed by atoms with van der Waals surface area (Å²) in [7, 11) is 0. The third kappa shape index (κ3) is 4.61. The minimum atomic E-state index is 0.473. The maximum atomic E-state index is 8.49. The van der Waals surface area contributed by atoms with Crippen molar-refractivity contribution < 1.29 is 0 Å². The third-order valence-corrected chi connectivity index (χ3v) is 3.05. The van der Waals surface area contributed by atoms with Crippen LogP contribution in [0, 0.1) is 22.7 Å². The van der Waals surface area contributed by atoms with Crippen LogP contribution in [0.15, 0.2) is 0 Å². The number of rotatable bonds is 6. The van der Waals surface area contributed by atoms with Gasteiger partial charge in [0.2, 0.25) is 0 Å². The quantitative estimate of drug-likeness (QED) is 0.662. The molecule has 2 N–H and O–H groups in total. The number of hydrogen-bond donors (Lipinski definition) is 2. The van der Waals surface area contributed by atoms with Gasteiger partial charge < -0.3 is 10.6 Å². The molecule has 0 unspecified atom stereocenters. The van der Waals surface area contributed by atoms with Gasteiger partial charge in [0.05, 0.1) is 12.1 Å². The smallest absolute Gasteiger partial charge is 0.0635 e. The summed E-state index contributed by atoms with van der Waals surface area (Å²) in [5.41, 5.74) is 0. The van der Waals surface area contributed by atoms with Gasteiger partial charge in [-0.25, -0.2) is 0 Å². The van der Waals surface area contributed by atoms with Crippen molar-refractivity contribution in [3.63, 3.8) is 0 Å². The van der Waals surface area contributed by atoms with E-state index >= 15 is 0 Å². The second-order valence-corrected chi connectivity index (χ2v) is 4.22. The number of nitrogens with one attached hydrogen (secondary N) is 2. The van der Waals surface area contributed by atoms with Crippen LogP contribution in [0.4, 0.5) is 0 Å². The Balaban J connectivity index is 2.27. The van der Waals surface area contributed by atoms with E-state index in [-0.39, 0.29) is 0 Å². The lowest BCUT2D eigenvalue weighted by Gasteiger charge is -2.32. The van der Waals surface area contributed by atoms with Crippen LogP contribution in [-0.4, -0.2) is 25.2 Å². The van der Waals surface area contributed by atoms with Crippen molar-refractivity contribution in [2.24, 2.45) is 0 Å². The fourth-order valence-electron chi connectivity index (χ4n) is 2.25. The fraction of sp³-hybridized carbons (Fsp3) is 0.833. The number of nitriles is 2. The lowest BCUT2D eigenvalue weighted by molar-refractivity contribution is 0.287. The summed E-state index contributed by atoms with van der Waals surface area (Å²) in [4.78, 5) is 0. The molecule has 0 aromatic rings. The standard InChI is InChI=1S/C12H20N4/c13-7-3-9-15-11-5-1-2-6-12(11)16-10-4-8-14/h11-12,15-16H,1-6,9-10H2/t11-,12-/m0/s1.